The van der Waals surface area contributed by atoms with Crippen molar-refractivity contribution in [3.05, 3.63) is 94.4 Å². The number of ether oxygens (including phenoxy) is 1. The second-order valence-electron chi connectivity index (χ2n) is 5.52. The van der Waals surface area contributed by atoms with Crippen LogP contribution in [0.1, 0.15) is 21.7 Å². The number of carbonyl (C=O) groups excluding carboxylic acids is 2. The molecule has 28 heavy (non-hydrogen) atoms. The van der Waals surface area contributed by atoms with Gasteiger partial charge in [0.15, 0.2) is 0 Å². The molecule has 0 fully saturated rings. The first-order valence-corrected chi connectivity index (χ1v) is 9.02. The number of hydrogen-bond acceptors (Lipinski definition) is 5. The lowest BCUT2D eigenvalue weighted by Gasteiger charge is -2.06. The smallest absolute Gasteiger partial charge is 0.336 e. The zero-order valence-corrected chi connectivity index (χ0v) is 16.1. The molecule has 0 saturated carbocycles. The fraction of sp³-hybridized carbons (Fsp3) is 0. The summed E-state index contributed by atoms with van der Waals surface area (Å²) in [4.78, 5) is 24.1. The van der Waals surface area contributed by atoms with Gasteiger partial charge in [0.1, 0.15) is 11.5 Å². The van der Waals surface area contributed by atoms with Gasteiger partial charge in [-0.25, -0.2) is 10.2 Å². The molecule has 3 aromatic rings. The summed E-state index contributed by atoms with van der Waals surface area (Å²) < 4.78 is 11.2. The number of nitrogens with one attached hydrogen (secondary N) is 1. The summed E-state index contributed by atoms with van der Waals surface area (Å²) in [7, 11) is 0. The number of benzene rings is 2. The Balaban J connectivity index is 1.68. The van der Waals surface area contributed by atoms with Crippen LogP contribution in [0.15, 0.2) is 87.0 Å². The molecular formula is C21H15BrN2O4. The van der Waals surface area contributed by atoms with Crippen LogP contribution in [0.5, 0.6) is 5.75 Å². The topological polar surface area (TPSA) is 80.9 Å². The molecule has 0 spiro atoms. The van der Waals surface area contributed by atoms with E-state index in [-0.39, 0.29) is 5.91 Å². The molecule has 0 radical (unpaired) electrons. The van der Waals surface area contributed by atoms with E-state index in [0.29, 0.717) is 22.6 Å². The summed E-state index contributed by atoms with van der Waals surface area (Å²) >= 11 is 3.36. The van der Waals surface area contributed by atoms with Crippen molar-refractivity contribution in [3.8, 4) is 5.75 Å². The van der Waals surface area contributed by atoms with Gasteiger partial charge in [-0.2, -0.15) is 5.10 Å². The van der Waals surface area contributed by atoms with Crippen LogP contribution in [0.3, 0.4) is 0 Å². The molecule has 0 bridgehead atoms. The van der Waals surface area contributed by atoms with E-state index in [9.17, 15) is 9.59 Å². The van der Waals surface area contributed by atoms with Crippen molar-refractivity contribution in [2.75, 3.05) is 0 Å². The maximum Gasteiger partial charge on any atom is 0.336 e. The minimum Gasteiger partial charge on any atom is -0.465 e. The third kappa shape index (κ3) is 5.52. The van der Waals surface area contributed by atoms with Gasteiger partial charge in [-0.1, -0.05) is 34.1 Å². The van der Waals surface area contributed by atoms with Crippen LogP contribution >= 0.6 is 15.9 Å². The highest BCUT2D eigenvalue weighted by molar-refractivity contribution is 9.10. The van der Waals surface area contributed by atoms with Gasteiger partial charge in [-0.05, 0) is 48.5 Å². The first-order valence-electron chi connectivity index (χ1n) is 8.23. The quantitative estimate of drug-likeness (QED) is 0.203. The van der Waals surface area contributed by atoms with Gasteiger partial charge in [0, 0.05) is 21.7 Å². The number of esters is 1. The first kappa shape index (κ1) is 19.3. The second-order valence-corrected chi connectivity index (χ2v) is 6.43. The molecule has 0 aliphatic heterocycles. The SMILES string of the molecule is O=C(C=Cc1ccco1)Oc1ccc(Br)cc1C=NNC(=O)c1ccccc1. The number of hydrazone groups is 1. The third-order valence-corrected chi connectivity index (χ3v) is 4.01. The Morgan fingerprint density at radius 3 is 2.64 bits per heavy atom. The molecule has 7 heteroatoms. The van der Waals surface area contributed by atoms with Gasteiger partial charge in [0.05, 0.1) is 12.5 Å². The van der Waals surface area contributed by atoms with E-state index in [1.807, 2.05) is 6.07 Å². The van der Waals surface area contributed by atoms with Crippen molar-refractivity contribution in [1.29, 1.82) is 0 Å². The summed E-state index contributed by atoms with van der Waals surface area (Å²) in [6, 6.07) is 17.2. The zero-order valence-electron chi connectivity index (χ0n) is 14.5. The molecule has 140 valence electrons. The lowest BCUT2D eigenvalue weighted by Crippen LogP contribution is -2.17. The van der Waals surface area contributed by atoms with Gasteiger partial charge >= 0.3 is 5.97 Å². The number of carbonyl (C=O) groups is 2. The molecule has 1 heterocycles. The largest absolute Gasteiger partial charge is 0.465 e. The maximum atomic E-state index is 12.0. The summed E-state index contributed by atoms with van der Waals surface area (Å²) in [5.41, 5.74) is 3.45. The number of rotatable bonds is 6. The molecular weight excluding hydrogens is 424 g/mol. The number of hydrogen-bond donors (Lipinski definition) is 1. The van der Waals surface area contributed by atoms with Crippen molar-refractivity contribution in [2.24, 2.45) is 5.10 Å². The predicted octanol–water partition coefficient (Wildman–Crippen LogP) is 4.42. The first-order chi connectivity index (χ1) is 13.6. The highest BCUT2D eigenvalue weighted by atomic mass is 79.9. The molecule has 0 saturated heterocycles. The molecule has 3 rings (SSSR count). The van der Waals surface area contributed by atoms with Crippen LogP contribution in [0, 0.1) is 0 Å². The van der Waals surface area contributed by atoms with Gasteiger partial charge in [-0.3, -0.25) is 4.79 Å². The molecule has 6 nitrogen and oxygen atoms in total. The number of amides is 1. The van der Waals surface area contributed by atoms with Crippen LogP contribution in [0.2, 0.25) is 0 Å². The summed E-state index contributed by atoms with van der Waals surface area (Å²) in [5.74, 6) is -0.0679. The van der Waals surface area contributed by atoms with E-state index >= 15 is 0 Å². The Hall–Kier alpha value is -3.45. The molecule has 2 aromatic carbocycles. The second kappa shape index (κ2) is 9.48. The van der Waals surface area contributed by atoms with Crippen LogP contribution < -0.4 is 10.2 Å². The fourth-order valence-electron chi connectivity index (χ4n) is 2.21. The van der Waals surface area contributed by atoms with Crippen LogP contribution in [0.25, 0.3) is 6.08 Å². The van der Waals surface area contributed by atoms with E-state index in [4.69, 9.17) is 9.15 Å². The monoisotopic (exact) mass is 438 g/mol. The Labute approximate surface area is 169 Å². The van der Waals surface area contributed by atoms with Crippen molar-refractivity contribution in [1.82, 2.24) is 5.43 Å². The normalized spacial score (nSPS) is 11.0. The maximum absolute atomic E-state index is 12.0. The highest BCUT2D eigenvalue weighted by Gasteiger charge is 2.08. The van der Waals surface area contributed by atoms with Crippen LogP contribution in [-0.2, 0) is 4.79 Å². The third-order valence-electron chi connectivity index (χ3n) is 3.51. The molecule has 0 unspecified atom stereocenters. The molecule has 1 amide bonds. The van der Waals surface area contributed by atoms with E-state index in [0.717, 1.165) is 4.47 Å². The molecule has 0 aliphatic rings. The zero-order chi connectivity index (χ0) is 19.8. The standard InChI is InChI=1S/C21H15BrN2O4/c22-17-8-10-19(28-20(25)11-9-18-7-4-12-27-18)16(13-17)14-23-24-21(26)15-5-2-1-3-6-15/h1-14H,(H,24,26). The minimum absolute atomic E-state index is 0.301. The van der Waals surface area contributed by atoms with Gasteiger partial charge in [-0.15, -0.1) is 0 Å². The van der Waals surface area contributed by atoms with Gasteiger partial charge in [0.2, 0.25) is 0 Å². The Morgan fingerprint density at radius 1 is 1.07 bits per heavy atom. The van der Waals surface area contributed by atoms with E-state index < -0.39 is 5.97 Å². The van der Waals surface area contributed by atoms with Crippen molar-refractivity contribution >= 4 is 40.1 Å². The molecule has 0 atom stereocenters. The molecule has 1 N–H and O–H groups in total. The average molecular weight is 439 g/mol. The fourth-order valence-corrected chi connectivity index (χ4v) is 2.59. The van der Waals surface area contributed by atoms with E-state index in [2.05, 4.69) is 26.5 Å². The highest BCUT2D eigenvalue weighted by Crippen LogP contribution is 2.22. The van der Waals surface area contributed by atoms with Crippen molar-refractivity contribution in [3.63, 3.8) is 0 Å². The summed E-state index contributed by atoms with van der Waals surface area (Å²) in [6.45, 7) is 0. The van der Waals surface area contributed by atoms with Crippen molar-refractivity contribution in [2.45, 2.75) is 0 Å². The van der Waals surface area contributed by atoms with Gasteiger partial charge < -0.3 is 9.15 Å². The van der Waals surface area contributed by atoms with E-state index in [1.54, 1.807) is 54.6 Å². The Morgan fingerprint density at radius 2 is 1.89 bits per heavy atom. The number of halogens is 1. The lowest BCUT2D eigenvalue weighted by molar-refractivity contribution is -0.128. The summed E-state index contributed by atoms with van der Waals surface area (Å²) in [6.07, 6.45) is 5.69. The van der Waals surface area contributed by atoms with Crippen LogP contribution in [-0.4, -0.2) is 18.1 Å². The number of furan rings is 1. The Kier molecular flexibility index (Phi) is 6.54. The Bertz CT molecular complexity index is 1010. The van der Waals surface area contributed by atoms with Gasteiger partial charge in [0.25, 0.3) is 5.91 Å². The molecule has 1 aromatic heterocycles. The predicted molar refractivity (Wildman–Crippen MR) is 109 cm³/mol. The van der Waals surface area contributed by atoms with E-state index in [1.165, 1.54) is 24.6 Å². The van der Waals surface area contributed by atoms with Crippen molar-refractivity contribution < 1.29 is 18.7 Å². The summed E-state index contributed by atoms with van der Waals surface area (Å²) in [5, 5.41) is 3.94. The molecule has 0 aliphatic carbocycles. The minimum atomic E-state index is -0.568. The number of nitrogens with zero attached hydrogens (tertiary/aromatic N) is 1. The lowest BCUT2D eigenvalue weighted by atomic mass is 10.2. The average Bonchev–Trinajstić information content (AvgIpc) is 3.22. The van der Waals surface area contributed by atoms with Crippen LogP contribution in [0.4, 0.5) is 0 Å².